The van der Waals surface area contributed by atoms with Gasteiger partial charge in [-0.2, -0.15) is 0 Å². The zero-order chi connectivity index (χ0) is 51.4. The van der Waals surface area contributed by atoms with Crippen LogP contribution in [0.25, 0.3) is 0 Å². The molecule has 6 heteroatoms. The highest BCUT2D eigenvalue weighted by atomic mass is 16.6. The van der Waals surface area contributed by atoms with Crippen molar-refractivity contribution in [1.29, 1.82) is 0 Å². The molecule has 6 nitrogen and oxygen atoms in total. The van der Waals surface area contributed by atoms with Crippen LogP contribution in [0, 0.1) is 0 Å². The van der Waals surface area contributed by atoms with Gasteiger partial charge in [0.2, 0.25) is 0 Å². The zero-order valence-corrected chi connectivity index (χ0v) is 47.2. The largest absolute Gasteiger partial charge is 0.462 e. The summed E-state index contributed by atoms with van der Waals surface area (Å²) in [6, 6.07) is 0. The molecule has 0 aliphatic carbocycles. The summed E-state index contributed by atoms with van der Waals surface area (Å²) in [5, 5.41) is 0. The van der Waals surface area contributed by atoms with Gasteiger partial charge in [0.25, 0.3) is 0 Å². The van der Waals surface area contributed by atoms with E-state index in [1.807, 2.05) is 0 Å². The monoisotopic (exact) mass is 993 g/mol. The zero-order valence-electron chi connectivity index (χ0n) is 47.2. The van der Waals surface area contributed by atoms with Crippen LogP contribution in [-0.2, 0) is 28.6 Å². The molecule has 0 radical (unpaired) electrons. The van der Waals surface area contributed by atoms with Crippen LogP contribution in [0.4, 0.5) is 0 Å². The van der Waals surface area contributed by atoms with Crippen molar-refractivity contribution in [3.8, 4) is 0 Å². The molecule has 0 rings (SSSR count). The number of esters is 3. The Hall–Kier alpha value is -2.89. The maximum atomic E-state index is 12.9. The second-order valence-electron chi connectivity index (χ2n) is 20.6. The molecule has 1 atom stereocenters. The van der Waals surface area contributed by atoms with E-state index in [0.29, 0.717) is 19.3 Å². The minimum atomic E-state index is -0.794. The molecule has 1 unspecified atom stereocenters. The number of ether oxygens (including phenoxy) is 3. The molecule has 412 valence electrons. The van der Waals surface area contributed by atoms with E-state index in [1.54, 1.807) is 0 Å². The first kappa shape index (κ1) is 68.1. The number of carbonyl (C=O) groups excluding carboxylic acids is 3. The van der Waals surface area contributed by atoms with Gasteiger partial charge in [-0.25, -0.2) is 0 Å². The normalized spacial score (nSPS) is 12.4. The van der Waals surface area contributed by atoms with Crippen molar-refractivity contribution in [2.24, 2.45) is 0 Å². The molecule has 0 saturated heterocycles. The lowest BCUT2D eigenvalue weighted by molar-refractivity contribution is -0.167. The Morgan fingerprint density at radius 1 is 0.296 bits per heavy atom. The molecule has 0 N–H and O–H groups in total. The summed E-state index contributed by atoms with van der Waals surface area (Å²) >= 11 is 0. The van der Waals surface area contributed by atoms with E-state index < -0.39 is 6.10 Å². The van der Waals surface area contributed by atoms with E-state index >= 15 is 0 Å². The van der Waals surface area contributed by atoms with Gasteiger partial charge in [-0.05, 0) is 83.5 Å². The van der Waals surface area contributed by atoms with E-state index in [-0.39, 0.29) is 31.1 Å². The van der Waals surface area contributed by atoms with Crippen molar-refractivity contribution in [2.75, 3.05) is 13.2 Å². The molecule has 0 heterocycles. The lowest BCUT2D eigenvalue weighted by Crippen LogP contribution is -2.30. The molecule has 71 heavy (non-hydrogen) atoms. The van der Waals surface area contributed by atoms with Crippen LogP contribution in [0.5, 0.6) is 0 Å². The van der Waals surface area contributed by atoms with Crippen molar-refractivity contribution in [3.05, 3.63) is 60.8 Å². The molecule has 0 saturated carbocycles. The number of rotatable bonds is 56. The van der Waals surface area contributed by atoms with Crippen LogP contribution in [0.1, 0.15) is 316 Å². The van der Waals surface area contributed by atoms with Gasteiger partial charge in [0.05, 0.1) is 0 Å². The van der Waals surface area contributed by atoms with Gasteiger partial charge in [-0.1, -0.05) is 274 Å². The van der Waals surface area contributed by atoms with Crippen LogP contribution in [0.2, 0.25) is 0 Å². The first-order valence-corrected chi connectivity index (χ1v) is 30.8. The fraction of sp³-hybridized carbons (Fsp3) is 0.800. The van der Waals surface area contributed by atoms with Crippen molar-refractivity contribution in [3.63, 3.8) is 0 Å². The van der Waals surface area contributed by atoms with Crippen molar-refractivity contribution < 1.29 is 28.6 Å². The standard InChI is InChI=1S/C65H116O6/c1-4-7-10-13-16-19-22-25-28-30-31-32-33-34-35-38-40-43-46-49-52-55-58-64(67)70-61-62(60-69-63(66)57-54-51-48-45-42-39-36-27-24-21-18-15-12-9-6-3)71-65(68)59-56-53-50-47-44-41-37-29-26-23-20-17-14-11-8-5-2/h9,12,18,21,27,29,36-37,42,45,62H,4-8,10-11,13-17,19-20,22-26,28,30-35,38-41,43-44,46-61H2,1-3H3/b12-9-,21-18-,36-27-,37-29-,45-42-. The van der Waals surface area contributed by atoms with Gasteiger partial charge < -0.3 is 14.2 Å². The Morgan fingerprint density at radius 3 is 0.901 bits per heavy atom. The van der Waals surface area contributed by atoms with E-state index in [0.717, 1.165) is 96.3 Å². The lowest BCUT2D eigenvalue weighted by Gasteiger charge is -2.18. The van der Waals surface area contributed by atoms with E-state index in [1.165, 1.54) is 180 Å². The maximum Gasteiger partial charge on any atom is 0.306 e. The molecule has 0 bridgehead atoms. The van der Waals surface area contributed by atoms with Gasteiger partial charge in [-0.3, -0.25) is 14.4 Å². The summed E-state index contributed by atoms with van der Waals surface area (Å²) in [5.41, 5.74) is 0. The van der Waals surface area contributed by atoms with Crippen LogP contribution in [0.3, 0.4) is 0 Å². The lowest BCUT2D eigenvalue weighted by atomic mass is 10.0. The van der Waals surface area contributed by atoms with E-state index in [2.05, 4.69) is 81.5 Å². The topological polar surface area (TPSA) is 78.9 Å². The molecule has 0 spiro atoms. The van der Waals surface area contributed by atoms with Gasteiger partial charge in [0, 0.05) is 19.3 Å². The molecule has 0 aromatic carbocycles. The summed E-state index contributed by atoms with van der Waals surface area (Å²) in [7, 11) is 0. The first-order chi connectivity index (χ1) is 35.0. The van der Waals surface area contributed by atoms with E-state index in [4.69, 9.17) is 14.2 Å². The van der Waals surface area contributed by atoms with Gasteiger partial charge >= 0.3 is 17.9 Å². The fourth-order valence-electron chi connectivity index (χ4n) is 8.90. The Labute approximate surface area is 440 Å². The summed E-state index contributed by atoms with van der Waals surface area (Å²) < 4.78 is 16.9. The predicted octanol–water partition coefficient (Wildman–Crippen LogP) is 20.8. The van der Waals surface area contributed by atoms with Gasteiger partial charge in [0.1, 0.15) is 13.2 Å². The molecular formula is C65H116O6. The molecule has 0 aromatic heterocycles. The van der Waals surface area contributed by atoms with Crippen LogP contribution < -0.4 is 0 Å². The first-order valence-electron chi connectivity index (χ1n) is 30.8. The molecule has 0 fully saturated rings. The smallest absolute Gasteiger partial charge is 0.306 e. The van der Waals surface area contributed by atoms with Crippen molar-refractivity contribution in [1.82, 2.24) is 0 Å². The second kappa shape index (κ2) is 59.7. The summed E-state index contributed by atoms with van der Waals surface area (Å²) in [4.78, 5) is 38.2. The Balaban J connectivity index is 4.35. The minimum Gasteiger partial charge on any atom is -0.462 e. The van der Waals surface area contributed by atoms with Crippen LogP contribution in [-0.4, -0.2) is 37.2 Å². The number of hydrogen-bond donors (Lipinski definition) is 0. The highest BCUT2D eigenvalue weighted by Gasteiger charge is 2.19. The summed E-state index contributed by atoms with van der Waals surface area (Å²) in [6.45, 7) is 6.52. The third kappa shape index (κ3) is 57.9. The highest BCUT2D eigenvalue weighted by Crippen LogP contribution is 2.17. The fourth-order valence-corrected chi connectivity index (χ4v) is 8.90. The Morgan fingerprint density at radius 2 is 0.549 bits per heavy atom. The van der Waals surface area contributed by atoms with E-state index in [9.17, 15) is 14.4 Å². The average Bonchev–Trinajstić information content (AvgIpc) is 3.37. The number of allylic oxidation sites excluding steroid dienone is 10. The van der Waals surface area contributed by atoms with Crippen molar-refractivity contribution in [2.45, 2.75) is 322 Å². The molecule has 0 amide bonds. The molecular weight excluding hydrogens is 877 g/mol. The number of unbranched alkanes of at least 4 members (excludes halogenated alkanes) is 35. The Bertz CT molecular complexity index is 1280. The third-order valence-corrected chi connectivity index (χ3v) is 13.5. The van der Waals surface area contributed by atoms with Crippen LogP contribution in [0.15, 0.2) is 60.8 Å². The van der Waals surface area contributed by atoms with Gasteiger partial charge in [-0.15, -0.1) is 0 Å². The average molecular weight is 994 g/mol. The number of hydrogen-bond acceptors (Lipinski definition) is 6. The summed E-state index contributed by atoms with van der Waals surface area (Å²) in [6.07, 6.45) is 75.2. The quantitative estimate of drug-likeness (QED) is 0.0261. The minimum absolute atomic E-state index is 0.0878. The third-order valence-electron chi connectivity index (χ3n) is 13.5. The maximum absolute atomic E-state index is 12.9. The van der Waals surface area contributed by atoms with Crippen molar-refractivity contribution >= 4 is 17.9 Å². The summed E-state index contributed by atoms with van der Waals surface area (Å²) in [5.74, 6) is -0.924. The molecule has 0 aliphatic heterocycles. The molecule has 0 aliphatic rings. The van der Waals surface area contributed by atoms with Gasteiger partial charge in [0.15, 0.2) is 6.10 Å². The molecule has 0 aromatic rings. The number of carbonyl (C=O) groups is 3. The predicted molar refractivity (Wildman–Crippen MR) is 307 cm³/mol. The second-order valence-corrected chi connectivity index (χ2v) is 20.6. The highest BCUT2D eigenvalue weighted by molar-refractivity contribution is 5.71. The van der Waals surface area contributed by atoms with Crippen LogP contribution >= 0.6 is 0 Å². The Kier molecular flexibility index (Phi) is 57.2. The SMILES string of the molecule is CC/C=C\C/C=C\C/C=C\C/C=C\CCCCC(=O)OCC(COC(=O)CCCCCCCCCCCCCCCCCCCCCCCC)OC(=O)CCCCCCC/C=C\CCCCCCCCC.